The monoisotopic (exact) mass is 301 g/mol. The maximum absolute atomic E-state index is 12.2. The van der Waals surface area contributed by atoms with E-state index in [1.54, 1.807) is 6.07 Å². The second-order valence-electron chi connectivity index (χ2n) is 4.22. The lowest BCUT2D eigenvalue weighted by Crippen LogP contribution is -2.46. The molecule has 0 amide bonds. The van der Waals surface area contributed by atoms with Crippen molar-refractivity contribution in [1.29, 1.82) is 0 Å². The quantitative estimate of drug-likeness (QED) is 0.795. The smallest absolute Gasteiger partial charge is 0.324 e. The van der Waals surface area contributed by atoms with Crippen LogP contribution >= 0.6 is 0 Å². The van der Waals surface area contributed by atoms with Crippen molar-refractivity contribution < 1.29 is 27.4 Å². The largest absolute Gasteiger partial charge is 0.493 e. The number of methoxy groups -OCH3 is 3. The van der Waals surface area contributed by atoms with Gasteiger partial charge in [-0.3, -0.25) is 4.79 Å². The van der Waals surface area contributed by atoms with Crippen molar-refractivity contribution in [3.63, 3.8) is 0 Å². The first kappa shape index (κ1) is 14.6. The molecule has 1 aromatic carbocycles. The molecule has 1 N–H and O–H groups in total. The highest BCUT2D eigenvalue weighted by molar-refractivity contribution is 7.89. The first-order valence-corrected chi connectivity index (χ1v) is 7.26. The van der Waals surface area contributed by atoms with Crippen molar-refractivity contribution in [2.24, 2.45) is 0 Å². The minimum Gasteiger partial charge on any atom is -0.493 e. The number of esters is 1. The molecule has 1 aliphatic heterocycles. The molecular formula is C12H15NO6S. The Kier molecular flexibility index (Phi) is 3.87. The average Bonchev–Trinajstić information content (AvgIpc) is 2.44. The number of carbonyl (C=O) groups excluding carboxylic acids is 1. The van der Waals surface area contributed by atoms with E-state index in [2.05, 4.69) is 9.46 Å². The summed E-state index contributed by atoms with van der Waals surface area (Å²) in [6, 6.07) is 2.00. The Morgan fingerprint density at radius 1 is 1.20 bits per heavy atom. The van der Waals surface area contributed by atoms with Gasteiger partial charge in [-0.05, 0) is 11.6 Å². The number of fused-ring (bicyclic) bond motifs is 1. The molecule has 20 heavy (non-hydrogen) atoms. The van der Waals surface area contributed by atoms with Gasteiger partial charge >= 0.3 is 5.97 Å². The molecule has 0 saturated carbocycles. The summed E-state index contributed by atoms with van der Waals surface area (Å²) in [6.07, 6.45) is 0.196. The van der Waals surface area contributed by atoms with Crippen LogP contribution in [-0.2, 0) is 26.0 Å². The van der Waals surface area contributed by atoms with Crippen LogP contribution in [0.15, 0.2) is 17.0 Å². The summed E-state index contributed by atoms with van der Waals surface area (Å²) in [7, 11) is 0.296. The highest BCUT2D eigenvalue weighted by Gasteiger charge is 2.35. The summed E-state index contributed by atoms with van der Waals surface area (Å²) in [4.78, 5) is 11.6. The molecule has 2 rings (SSSR count). The van der Waals surface area contributed by atoms with E-state index in [1.807, 2.05) is 0 Å². The lowest BCUT2D eigenvalue weighted by molar-refractivity contribution is -0.142. The molecule has 110 valence electrons. The van der Waals surface area contributed by atoms with Crippen LogP contribution in [0.25, 0.3) is 0 Å². The van der Waals surface area contributed by atoms with E-state index in [1.165, 1.54) is 27.4 Å². The number of hydrogen-bond donors (Lipinski definition) is 1. The standard InChI is InChI=1S/C12H15NO6S/c1-17-9-5-7-4-8(12(14)19-3)13-20(15,16)11(7)6-10(9)18-2/h5-6,8,13H,4H2,1-3H3. The number of rotatable bonds is 3. The van der Waals surface area contributed by atoms with Gasteiger partial charge in [0.15, 0.2) is 11.5 Å². The van der Waals surface area contributed by atoms with Gasteiger partial charge in [-0.15, -0.1) is 0 Å². The maximum Gasteiger partial charge on any atom is 0.324 e. The molecule has 1 atom stereocenters. The fourth-order valence-corrected chi connectivity index (χ4v) is 3.53. The molecule has 0 saturated heterocycles. The van der Waals surface area contributed by atoms with Crippen LogP contribution in [-0.4, -0.2) is 41.8 Å². The van der Waals surface area contributed by atoms with Gasteiger partial charge in [0.05, 0.1) is 26.2 Å². The van der Waals surface area contributed by atoms with Gasteiger partial charge in [0.25, 0.3) is 0 Å². The summed E-state index contributed by atoms with van der Waals surface area (Å²) in [5.74, 6) is 0.0918. The zero-order chi connectivity index (χ0) is 14.9. The van der Waals surface area contributed by atoms with E-state index >= 15 is 0 Å². The number of hydrogen-bond acceptors (Lipinski definition) is 6. The fraction of sp³-hybridized carbons (Fsp3) is 0.417. The van der Waals surface area contributed by atoms with Crippen LogP contribution in [0.1, 0.15) is 5.56 Å². The maximum atomic E-state index is 12.2. The SMILES string of the molecule is COC(=O)C1Cc2cc(OC)c(OC)cc2S(=O)(=O)N1. The number of ether oxygens (including phenoxy) is 3. The molecule has 0 bridgehead atoms. The van der Waals surface area contributed by atoms with Crippen LogP contribution in [0.3, 0.4) is 0 Å². The van der Waals surface area contributed by atoms with E-state index in [0.29, 0.717) is 17.1 Å². The Morgan fingerprint density at radius 3 is 2.35 bits per heavy atom. The Morgan fingerprint density at radius 2 is 1.80 bits per heavy atom. The number of nitrogens with one attached hydrogen (secondary N) is 1. The van der Waals surface area contributed by atoms with Crippen molar-refractivity contribution in [2.75, 3.05) is 21.3 Å². The summed E-state index contributed by atoms with van der Waals surface area (Å²) in [5.41, 5.74) is 0.483. The lowest BCUT2D eigenvalue weighted by Gasteiger charge is -2.25. The first-order chi connectivity index (χ1) is 9.42. The van der Waals surface area contributed by atoms with Crippen LogP contribution in [0, 0.1) is 0 Å². The Bertz CT molecular complexity index is 640. The predicted molar refractivity (Wildman–Crippen MR) is 69.4 cm³/mol. The second kappa shape index (κ2) is 5.29. The molecule has 0 radical (unpaired) electrons. The molecule has 0 aliphatic carbocycles. The van der Waals surface area contributed by atoms with Crippen LogP contribution in [0.5, 0.6) is 11.5 Å². The summed E-state index contributed by atoms with van der Waals surface area (Å²) < 4.78 is 41.4. The Hall–Kier alpha value is -1.80. The molecule has 0 fully saturated rings. The zero-order valence-electron chi connectivity index (χ0n) is 11.3. The lowest BCUT2D eigenvalue weighted by atomic mass is 10.1. The number of sulfonamides is 1. The van der Waals surface area contributed by atoms with E-state index in [-0.39, 0.29) is 11.3 Å². The third-order valence-corrected chi connectivity index (χ3v) is 4.62. The van der Waals surface area contributed by atoms with Gasteiger partial charge < -0.3 is 14.2 Å². The second-order valence-corrected chi connectivity index (χ2v) is 5.90. The summed E-state index contributed by atoms with van der Waals surface area (Å²) >= 11 is 0. The minimum absolute atomic E-state index is 0.0790. The number of benzene rings is 1. The molecule has 1 aromatic rings. The van der Waals surface area contributed by atoms with Crippen LogP contribution < -0.4 is 14.2 Å². The van der Waals surface area contributed by atoms with Crippen LogP contribution in [0.2, 0.25) is 0 Å². The van der Waals surface area contributed by atoms with Gasteiger partial charge in [-0.1, -0.05) is 0 Å². The van der Waals surface area contributed by atoms with Gasteiger partial charge in [-0.25, -0.2) is 8.42 Å². The topological polar surface area (TPSA) is 90.9 Å². The molecule has 1 heterocycles. The average molecular weight is 301 g/mol. The highest BCUT2D eigenvalue weighted by Crippen LogP contribution is 2.35. The molecule has 1 unspecified atom stereocenters. The van der Waals surface area contributed by atoms with Crippen molar-refractivity contribution in [1.82, 2.24) is 4.72 Å². The summed E-state index contributed by atoms with van der Waals surface area (Å²) in [5, 5.41) is 0. The van der Waals surface area contributed by atoms with Gasteiger partial charge in [0, 0.05) is 12.5 Å². The van der Waals surface area contributed by atoms with Crippen molar-refractivity contribution >= 4 is 16.0 Å². The van der Waals surface area contributed by atoms with E-state index in [0.717, 1.165) is 0 Å². The zero-order valence-corrected chi connectivity index (χ0v) is 12.1. The fourth-order valence-electron chi connectivity index (χ4n) is 2.10. The molecule has 7 nitrogen and oxygen atoms in total. The van der Waals surface area contributed by atoms with E-state index < -0.39 is 22.0 Å². The molecule has 0 aromatic heterocycles. The third-order valence-electron chi connectivity index (χ3n) is 3.06. The Labute approximate surface area is 116 Å². The molecule has 1 aliphatic rings. The van der Waals surface area contributed by atoms with Crippen LogP contribution in [0.4, 0.5) is 0 Å². The summed E-state index contributed by atoms with van der Waals surface area (Å²) in [6.45, 7) is 0. The Balaban J connectivity index is 2.55. The van der Waals surface area contributed by atoms with Crippen molar-refractivity contribution in [3.8, 4) is 11.5 Å². The van der Waals surface area contributed by atoms with Crippen molar-refractivity contribution in [2.45, 2.75) is 17.4 Å². The normalized spacial score (nSPS) is 19.9. The first-order valence-electron chi connectivity index (χ1n) is 5.78. The van der Waals surface area contributed by atoms with Gasteiger partial charge in [0.1, 0.15) is 6.04 Å². The van der Waals surface area contributed by atoms with E-state index in [4.69, 9.17) is 9.47 Å². The van der Waals surface area contributed by atoms with E-state index in [9.17, 15) is 13.2 Å². The number of carbonyl (C=O) groups is 1. The molecule has 8 heteroatoms. The third kappa shape index (κ3) is 2.44. The van der Waals surface area contributed by atoms with Gasteiger partial charge in [0.2, 0.25) is 10.0 Å². The van der Waals surface area contributed by atoms with Crippen molar-refractivity contribution in [3.05, 3.63) is 17.7 Å². The van der Waals surface area contributed by atoms with Gasteiger partial charge in [-0.2, -0.15) is 4.72 Å². The predicted octanol–water partition coefficient (Wildman–Crippen LogP) is 0.0798. The minimum atomic E-state index is -3.79. The highest BCUT2D eigenvalue weighted by atomic mass is 32.2. The molecule has 0 spiro atoms. The molecular weight excluding hydrogens is 286 g/mol.